The molecule has 3 rings (SSSR count). The van der Waals surface area contributed by atoms with Crippen molar-refractivity contribution in [1.29, 1.82) is 0 Å². The topological polar surface area (TPSA) is 39.2 Å². The molecular weight excluding hydrogens is 205 g/mol. The summed E-state index contributed by atoms with van der Waals surface area (Å²) in [5.41, 5.74) is 7.41. The molecule has 1 aromatic heterocycles. The van der Waals surface area contributed by atoms with E-state index in [-0.39, 0.29) is 11.9 Å². The predicted octanol–water partition coefficient (Wildman–Crippen LogP) is 3.29. The molecule has 1 aromatic carbocycles. The van der Waals surface area contributed by atoms with Gasteiger partial charge in [-0.3, -0.25) is 0 Å². The minimum atomic E-state index is -0.310. The number of nitrogens with two attached hydrogens (primary N) is 1. The highest BCUT2D eigenvalue weighted by Gasteiger charge is 2.32. The summed E-state index contributed by atoms with van der Waals surface area (Å²) in [6, 6.07) is 5.01. The fourth-order valence-corrected chi connectivity index (χ4v) is 2.10. The van der Waals surface area contributed by atoms with Crippen molar-refractivity contribution < 1.29 is 8.81 Å². The zero-order valence-corrected chi connectivity index (χ0v) is 9.16. The summed E-state index contributed by atoms with van der Waals surface area (Å²) in [7, 11) is 0. The van der Waals surface area contributed by atoms with Gasteiger partial charge in [0.15, 0.2) is 11.4 Å². The number of benzene rings is 1. The SMILES string of the molecule is Cc1ccc(F)c2oc(C(N)C3CC3)cc12. The lowest BCUT2D eigenvalue weighted by molar-refractivity contribution is 0.456. The third kappa shape index (κ3) is 1.43. The summed E-state index contributed by atoms with van der Waals surface area (Å²) in [6.45, 7) is 1.95. The van der Waals surface area contributed by atoms with Gasteiger partial charge in [0, 0.05) is 5.39 Å². The summed E-state index contributed by atoms with van der Waals surface area (Å²) in [4.78, 5) is 0. The summed E-state index contributed by atoms with van der Waals surface area (Å²) < 4.78 is 19.1. The lowest BCUT2D eigenvalue weighted by Gasteiger charge is -2.04. The number of hydrogen-bond donors (Lipinski definition) is 1. The highest BCUT2D eigenvalue weighted by atomic mass is 19.1. The van der Waals surface area contributed by atoms with Crippen molar-refractivity contribution in [2.45, 2.75) is 25.8 Å². The molecule has 0 radical (unpaired) electrons. The first-order chi connectivity index (χ1) is 7.66. The Morgan fingerprint density at radius 2 is 2.19 bits per heavy atom. The van der Waals surface area contributed by atoms with Crippen LogP contribution in [0.1, 0.15) is 30.2 Å². The average molecular weight is 219 g/mol. The van der Waals surface area contributed by atoms with Crippen molar-refractivity contribution >= 4 is 11.0 Å². The maximum absolute atomic E-state index is 13.5. The Balaban J connectivity index is 2.14. The Kier molecular flexibility index (Phi) is 2.04. The van der Waals surface area contributed by atoms with Crippen molar-refractivity contribution in [2.75, 3.05) is 0 Å². The Morgan fingerprint density at radius 3 is 2.81 bits per heavy atom. The Labute approximate surface area is 93.2 Å². The van der Waals surface area contributed by atoms with E-state index in [1.54, 1.807) is 6.07 Å². The van der Waals surface area contributed by atoms with E-state index in [0.717, 1.165) is 23.8 Å². The summed E-state index contributed by atoms with van der Waals surface area (Å²) >= 11 is 0. The first-order valence-corrected chi connectivity index (χ1v) is 5.61. The van der Waals surface area contributed by atoms with Crippen molar-refractivity contribution in [1.82, 2.24) is 0 Å². The van der Waals surface area contributed by atoms with Gasteiger partial charge in [0.25, 0.3) is 0 Å². The molecule has 1 aliphatic carbocycles. The molecule has 84 valence electrons. The van der Waals surface area contributed by atoms with Crippen LogP contribution in [0.3, 0.4) is 0 Å². The van der Waals surface area contributed by atoms with E-state index in [0.29, 0.717) is 17.3 Å². The normalized spacial score (nSPS) is 17.9. The Bertz CT molecular complexity index is 503. The van der Waals surface area contributed by atoms with Gasteiger partial charge in [0.1, 0.15) is 5.76 Å². The maximum Gasteiger partial charge on any atom is 0.170 e. The fraction of sp³-hybridized carbons (Fsp3) is 0.385. The van der Waals surface area contributed by atoms with Gasteiger partial charge in [0.05, 0.1) is 6.04 Å². The lowest BCUT2D eigenvalue weighted by Crippen LogP contribution is -2.10. The van der Waals surface area contributed by atoms with Crippen molar-refractivity contribution in [2.24, 2.45) is 11.7 Å². The van der Waals surface area contributed by atoms with Crippen LogP contribution in [-0.2, 0) is 0 Å². The molecule has 3 heteroatoms. The van der Waals surface area contributed by atoms with Crippen LogP contribution in [0.4, 0.5) is 4.39 Å². The smallest absolute Gasteiger partial charge is 0.170 e. The van der Waals surface area contributed by atoms with E-state index in [9.17, 15) is 4.39 Å². The highest BCUT2D eigenvalue weighted by molar-refractivity contribution is 5.82. The van der Waals surface area contributed by atoms with Crippen LogP contribution < -0.4 is 5.73 Å². The van der Waals surface area contributed by atoms with Gasteiger partial charge in [0.2, 0.25) is 0 Å². The van der Waals surface area contributed by atoms with Crippen LogP contribution in [0.2, 0.25) is 0 Å². The molecule has 0 saturated heterocycles. The van der Waals surface area contributed by atoms with Gasteiger partial charge in [-0.15, -0.1) is 0 Å². The zero-order chi connectivity index (χ0) is 11.3. The molecule has 1 heterocycles. The van der Waals surface area contributed by atoms with Crippen LogP contribution in [-0.4, -0.2) is 0 Å². The number of rotatable bonds is 2. The molecule has 1 unspecified atom stereocenters. The second-order valence-corrected chi connectivity index (χ2v) is 4.62. The van der Waals surface area contributed by atoms with Crippen LogP contribution in [0.5, 0.6) is 0 Å². The first kappa shape index (κ1) is 9.85. The number of hydrogen-bond acceptors (Lipinski definition) is 2. The average Bonchev–Trinajstić information content (AvgIpc) is 3.01. The van der Waals surface area contributed by atoms with Crippen LogP contribution >= 0.6 is 0 Å². The largest absolute Gasteiger partial charge is 0.456 e. The number of halogens is 1. The minimum Gasteiger partial charge on any atom is -0.456 e. The lowest BCUT2D eigenvalue weighted by atomic mass is 10.1. The molecule has 0 spiro atoms. The third-order valence-corrected chi connectivity index (χ3v) is 3.33. The van der Waals surface area contributed by atoms with E-state index in [4.69, 9.17) is 10.2 Å². The predicted molar refractivity (Wildman–Crippen MR) is 60.6 cm³/mol. The summed E-state index contributed by atoms with van der Waals surface area (Å²) in [5, 5.41) is 0.839. The maximum atomic E-state index is 13.5. The van der Waals surface area contributed by atoms with Gasteiger partial charge < -0.3 is 10.2 Å². The summed E-state index contributed by atoms with van der Waals surface area (Å²) in [6.07, 6.45) is 2.30. The molecule has 2 aromatic rings. The van der Waals surface area contributed by atoms with Crippen molar-refractivity contribution in [3.63, 3.8) is 0 Å². The quantitative estimate of drug-likeness (QED) is 0.841. The molecule has 1 fully saturated rings. The number of furan rings is 1. The van der Waals surface area contributed by atoms with E-state index in [2.05, 4.69) is 0 Å². The van der Waals surface area contributed by atoms with E-state index in [1.165, 1.54) is 6.07 Å². The monoisotopic (exact) mass is 219 g/mol. The van der Waals surface area contributed by atoms with E-state index in [1.807, 2.05) is 13.0 Å². The van der Waals surface area contributed by atoms with Gasteiger partial charge in [-0.25, -0.2) is 4.39 Å². The molecule has 1 atom stereocenters. The molecule has 16 heavy (non-hydrogen) atoms. The van der Waals surface area contributed by atoms with Gasteiger partial charge >= 0.3 is 0 Å². The molecule has 2 nitrogen and oxygen atoms in total. The van der Waals surface area contributed by atoms with Gasteiger partial charge in [-0.1, -0.05) is 6.07 Å². The van der Waals surface area contributed by atoms with Crippen molar-refractivity contribution in [3.05, 3.63) is 35.3 Å². The standard InChI is InChI=1S/C13H14FNO/c1-7-2-5-10(14)13-9(7)6-11(16-13)12(15)8-3-4-8/h2,5-6,8,12H,3-4,15H2,1H3. The molecule has 0 aliphatic heterocycles. The second-order valence-electron chi connectivity index (χ2n) is 4.62. The Morgan fingerprint density at radius 1 is 1.44 bits per heavy atom. The number of fused-ring (bicyclic) bond motifs is 1. The van der Waals surface area contributed by atoms with Crippen LogP contribution in [0, 0.1) is 18.7 Å². The molecule has 0 bridgehead atoms. The minimum absolute atomic E-state index is 0.0776. The molecule has 1 saturated carbocycles. The van der Waals surface area contributed by atoms with Gasteiger partial charge in [-0.2, -0.15) is 0 Å². The second kappa shape index (κ2) is 3.32. The summed E-state index contributed by atoms with van der Waals surface area (Å²) in [5.74, 6) is 0.921. The van der Waals surface area contributed by atoms with E-state index < -0.39 is 0 Å². The van der Waals surface area contributed by atoms with Crippen molar-refractivity contribution in [3.8, 4) is 0 Å². The van der Waals surface area contributed by atoms with Crippen LogP contribution in [0.25, 0.3) is 11.0 Å². The Hall–Kier alpha value is -1.35. The zero-order valence-electron chi connectivity index (χ0n) is 9.16. The van der Waals surface area contributed by atoms with Crippen LogP contribution in [0.15, 0.2) is 22.6 Å². The molecule has 1 aliphatic rings. The fourth-order valence-electron chi connectivity index (χ4n) is 2.10. The molecule has 0 amide bonds. The van der Waals surface area contributed by atoms with Gasteiger partial charge in [-0.05, 0) is 43.4 Å². The third-order valence-electron chi connectivity index (χ3n) is 3.33. The first-order valence-electron chi connectivity index (χ1n) is 5.61. The molecule has 2 N–H and O–H groups in total. The molecular formula is C13H14FNO. The van der Waals surface area contributed by atoms with E-state index >= 15 is 0 Å². The number of aryl methyl sites for hydroxylation is 1. The highest BCUT2D eigenvalue weighted by Crippen LogP contribution is 2.41.